The van der Waals surface area contributed by atoms with Crippen LogP contribution in [0, 0.1) is 0 Å². The molecular weight excluding hydrogens is 386 g/mol. The largest absolute Gasteiger partial charge is 0.485 e. The Bertz CT molecular complexity index is 1190. The van der Waals surface area contributed by atoms with E-state index < -0.39 is 0 Å². The number of rotatable bonds is 5. The fraction of sp³-hybridized carbons (Fsp3) is 0.400. The van der Waals surface area contributed by atoms with Gasteiger partial charge in [-0.05, 0) is 38.8 Å². The fourth-order valence-electron chi connectivity index (χ4n) is 3.47. The first-order chi connectivity index (χ1) is 14.5. The molecule has 1 saturated carbocycles. The third-order valence-electron chi connectivity index (χ3n) is 5.19. The molecule has 0 spiro atoms. The lowest BCUT2D eigenvalue weighted by Gasteiger charge is -2.22. The number of ether oxygens (including phenoxy) is 1. The highest BCUT2D eigenvalue weighted by Gasteiger charge is 2.28. The first-order valence-electron chi connectivity index (χ1n) is 10.1. The highest BCUT2D eigenvalue weighted by atomic mass is 16.5. The third kappa shape index (κ3) is 3.14. The molecule has 4 heterocycles. The Balaban J connectivity index is 1.61. The van der Waals surface area contributed by atoms with Crippen LogP contribution in [-0.4, -0.2) is 44.3 Å². The maximum absolute atomic E-state index is 12.8. The van der Waals surface area contributed by atoms with E-state index in [2.05, 4.69) is 26.0 Å². The van der Waals surface area contributed by atoms with Crippen LogP contribution in [0.25, 0.3) is 5.65 Å². The molecule has 3 aromatic rings. The molecular formula is C20H23N7O3. The third-order valence-corrected chi connectivity index (χ3v) is 5.19. The second kappa shape index (κ2) is 7.05. The van der Waals surface area contributed by atoms with Crippen LogP contribution in [0.1, 0.15) is 43.1 Å². The van der Waals surface area contributed by atoms with E-state index in [4.69, 9.17) is 4.74 Å². The number of hydrogen-bond acceptors (Lipinski definition) is 7. The van der Waals surface area contributed by atoms with E-state index in [1.165, 1.54) is 6.20 Å². The predicted octanol–water partition coefficient (Wildman–Crippen LogP) is 1.91. The second-order valence-corrected chi connectivity index (χ2v) is 7.81. The van der Waals surface area contributed by atoms with Gasteiger partial charge in [-0.25, -0.2) is 4.98 Å². The lowest BCUT2D eigenvalue weighted by molar-refractivity contribution is 0.0952. The summed E-state index contributed by atoms with van der Waals surface area (Å²) < 4.78 is 9.05. The van der Waals surface area contributed by atoms with Gasteiger partial charge in [0.15, 0.2) is 17.3 Å². The van der Waals surface area contributed by atoms with E-state index in [0.717, 1.165) is 12.8 Å². The number of carbonyl (C=O) groups is 1. The van der Waals surface area contributed by atoms with Gasteiger partial charge in [0.25, 0.3) is 11.5 Å². The number of hydrogen-bond donors (Lipinski definition) is 3. The molecule has 0 unspecified atom stereocenters. The van der Waals surface area contributed by atoms with Crippen molar-refractivity contribution in [3.8, 4) is 5.75 Å². The van der Waals surface area contributed by atoms with E-state index >= 15 is 0 Å². The van der Waals surface area contributed by atoms with E-state index in [1.54, 1.807) is 27.4 Å². The van der Waals surface area contributed by atoms with Gasteiger partial charge in [0, 0.05) is 18.3 Å². The Labute approximate surface area is 172 Å². The number of amides is 1. The minimum absolute atomic E-state index is 0.0223. The van der Waals surface area contributed by atoms with Crippen molar-refractivity contribution in [2.45, 2.75) is 38.8 Å². The molecule has 156 valence electrons. The maximum atomic E-state index is 12.8. The summed E-state index contributed by atoms with van der Waals surface area (Å²) in [5.41, 5.74) is 0.995. The predicted molar refractivity (Wildman–Crippen MR) is 112 cm³/mol. The summed E-state index contributed by atoms with van der Waals surface area (Å²) in [7, 11) is 0. The lowest BCUT2D eigenvalue weighted by atomic mass is 10.3. The Hall–Kier alpha value is -3.56. The molecule has 0 radical (unpaired) electrons. The molecule has 10 nitrogen and oxygen atoms in total. The molecule has 0 atom stereocenters. The fourth-order valence-corrected chi connectivity index (χ4v) is 3.47. The second-order valence-electron chi connectivity index (χ2n) is 7.81. The monoisotopic (exact) mass is 409 g/mol. The molecule has 2 aliphatic rings. The van der Waals surface area contributed by atoms with E-state index in [0.29, 0.717) is 47.4 Å². The van der Waals surface area contributed by atoms with Crippen LogP contribution >= 0.6 is 0 Å². The quantitative estimate of drug-likeness (QED) is 0.590. The van der Waals surface area contributed by atoms with Crippen molar-refractivity contribution in [2.24, 2.45) is 0 Å². The molecule has 5 rings (SSSR count). The van der Waals surface area contributed by atoms with E-state index in [-0.39, 0.29) is 23.6 Å². The van der Waals surface area contributed by atoms with Crippen LogP contribution in [0.3, 0.4) is 0 Å². The number of pyridine rings is 1. The zero-order chi connectivity index (χ0) is 20.8. The van der Waals surface area contributed by atoms with Gasteiger partial charge < -0.3 is 25.3 Å². The summed E-state index contributed by atoms with van der Waals surface area (Å²) >= 11 is 0. The summed E-state index contributed by atoms with van der Waals surface area (Å²) in [6, 6.07) is 3.76. The molecule has 1 aliphatic carbocycles. The molecule has 30 heavy (non-hydrogen) atoms. The van der Waals surface area contributed by atoms with Gasteiger partial charge in [-0.15, -0.1) is 0 Å². The van der Waals surface area contributed by atoms with Crippen LogP contribution < -0.4 is 26.2 Å². The van der Waals surface area contributed by atoms with Gasteiger partial charge in [-0.2, -0.15) is 9.61 Å². The molecule has 0 bridgehead atoms. The summed E-state index contributed by atoms with van der Waals surface area (Å²) in [6.45, 7) is 4.94. The molecule has 1 fully saturated rings. The van der Waals surface area contributed by atoms with Crippen molar-refractivity contribution < 1.29 is 9.53 Å². The molecule has 1 amide bonds. The number of aromatic nitrogens is 4. The van der Waals surface area contributed by atoms with E-state index in [9.17, 15) is 9.59 Å². The normalized spacial score (nSPS) is 15.4. The summed E-state index contributed by atoms with van der Waals surface area (Å²) in [4.78, 5) is 30.1. The summed E-state index contributed by atoms with van der Waals surface area (Å²) in [5, 5.41) is 13.7. The molecule has 3 N–H and O–H groups in total. The Kier molecular flexibility index (Phi) is 4.34. The Morgan fingerprint density at radius 1 is 1.37 bits per heavy atom. The van der Waals surface area contributed by atoms with Gasteiger partial charge in [-0.3, -0.25) is 9.59 Å². The molecule has 3 aromatic heterocycles. The van der Waals surface area contributed by atoms with Crippen LogP contribution in [0.5, 0.6) is 5.75 Å². The number of nitrogens with one attached hydrogen (secondary N) is 3. The zero-order valence-corrected chi connectivity index (χ0v) is 16.8. The van der Waals surface area contributed by atoms with Crippen LogP contribution in [0.4, 0.5) is 17.3 Å². The van der Waals surface area contributed by atoms with Gasteiger partial charge in [0.05, 0.1) is 12.7 Å². The summed E-state index contributed by atoms with van der Waals surface area (Å²) in [5.74, 6) is 1.22. The van der Waals surface area contributed by atoms with Crippen molar-refractivity contribution >= 4 is 28.9 Å². The molecule has 10 heteroatoms. The van der Waals surface area contributed by atoms with Crippen LogP contribution in [0.15, 0.2) is 29.3 Å². The smallest absolute Gasteiger partial charge is 0.274 e. The van der Waals surface area contributed by atoms with Gasteiger partial charge in [0.2, 0.25) is 5.75 Å². The molecule has 0 saturated heterocycles. The highest BCUT2D eigenvalue weighted by Crippen LogP contribution is 2.36. The minimum atomic E-state index is -0.204. The first kappa shape index (κ1) is 18.5. The standard InChI is InChI=1S/C20H23N7O3/c1-11(2)26-8-3-4-14(20(26)29)24-16-15-18(21-7-9-30-15)27-17(25-16)13(10-22-27)19(28)23-12-5-6-12/h3-4,8,10-12,21H,5-7,9H2,1-2H3,(H,23,28)(H,24,25). The average molecular weight is 409 g/mol. The van der Waals surface area contributed by atoms with Gasteiger partial charge in [-0.1, -0.05) is 0 Å². The van der Waals surface area contributed by atoms with Crippen LogP contribution in [0.2, 0.25) is 0 Å². The Morgan fingerprint density at radius 3 is 2.97 bits per heavy atom. The van der Waals surface area contributed by atoms with Crippen molar-refractivity contribution in [3.05, 3.63) is 40.4 Å². The van der Waals surface area contributed by atoms with Crippen molar-refractivity contribution in [1.82, 2.24) is 24.5 Å². The Morgan fingerprint density at radius 2 is 2.20 bits per heavy atom. The summed E-state index contributed by atoms with van der Waals surface area (Å²) in [6.07, 6.45) is 5.24. The minimum Gasteiger partial charge on any atom is -0.485 e. The zero-order valence-electron chi connectivity index (χ0n) is 16.8. The van der Waals surface area contributed by atoms with Gasteiger partial charge >= 0.3 is 0 Å². The lowest BCUT2D eigenvalue weighted by Crippen LogP contribution is -2.26. The van der Waals surface area contributed by atoms with Crippen molar-refractivity contribution in [1.29, 1.82) is 0 Å². The maximum Gasteiger partial charge on any atom is 0.274 e. The number of anilines is 3. The first-order valence-corrected chi connectivity index (χ1v) is 10.1. The molecule has 0 aromatic carbocycles. The van der Waals surface area contributed by atoms with Crippen molar-refractivity contribution in [2.75, 3.05) is 23.8 Å². The van der Waals surface area contributed by atoms with Crippen LogP contribution in [-0.2, 0) is 0 Å². The van der Waals surface area contributed by atoms with E-state index in [1.807, 2.05) is 13.8 Å². The number of fused-ring (bicyclic) bond motifs is 3. The number of nitrogens with zero attached hydrogens (tertiary/aromatic N) is 4. The molecule has 1 aliphatic heterocycles. The number of carbonyl (C=O) groups excluding carboxylic acids is 1. The topological polar surface area (TPSA) is 115 Å². The highest BCUT2D eigenvalue weighted by molar-refractivity contribution is 6.00. The SMILES string of the molecule is CC(C)n1cccc(Nc2nc3c(C(=O)NC4CC4)cnn3c3c2OCCN3)c1=O. The van der Waals surface area contributed by atoms with Gasteiger partial charge in [0.1, 0.15) is 17.9 Å². The van der Waals surface area contributed by atoms with Crippen molar-refractivity contribution in [3.63, 3.8) is 0 Å². The average Bonchev–Trinajstić information content (AvgIpc) is 3.44.